The van der Waals surface area contributed by atoms with Crippen molar-refractivity contribution in [3.05, 3.63) is 0 Å². The maximum Gasteiger partial charge on any atom is 0.107 e. The Labute approximate surface area is 93.8 Å². The van der Waals surface area contributed by atoms with Crippen LogP contribution in [0.4, 0.5) is 0 Å². The molecule has 0 aromatic rings. The minimum Gasteiger partial charge on any atom is -0.367 e. The van der Waals surface area contributed by atoms with E-state index in [0.717, 1.165) is 23.8 Å². The van der Waals surface area contributed by atoms with Crippen molar-refractivity contribution in [2.24, 2.45) is 17.8 Å². The molecule has 15 heavy (non-hydrogen) atoms. The van der Waals surface area contributed by atoms with Gasteiger partial charge in [-0.05, 0) is 43.4 Å². The summed E-state index contributed by atoms with van der Waals surface area (Å²) in [6, 6.07) is 0.720. The molecule has 0 bridgehead atoms. The average molecular weight is 211 g/mol. The van der Waals surface area contributed by atoms with Crippen LogP contribution in [0.2, 0.25) is 0 Å². The molecule has 1 aliphatic carbocycles. The molecule has 0 aromatic heterocycles. The Morgan fingerprint density at radius 2 is 1.93 bits per heavy atom. The van der Waals surface area contributed by atoms with E-state index in [0.29, 0.717) is 6.23 Å². The molecular formula is C13H25NO. The summed E-state index contributed by atoms with van der Waals surface area (Å²) in [7, 11) is 1.82. The molecule has 2 rings (SSSR count). The largest absolute Gasteiger partial charge is 0.367 e. The van der Waals surface area contributed by atoms with Crippen LogP contribution in [-0.4, -0.2) is 19.4 Å². The molecule has 0 spiro atoms. The number of rotatable bonds is 2. The lowest BCUT2D eigenvalue weighted by Crippen LogP contribution is -2.54. The van der Waals surface area contributed by atoms with E-state index in [1.807, 2.05) is 7.11 Å². The molecule has 1 saturated heterocycles. The van der Waals surface area contributed by atoms with Crippen LogP contribution < -0.4 is 5.32 Å². The van der Waals surface area contributed by atoms with Gasteiger partial charge in [0, 0.05) is 13.2 Å². The Morgan fingerprint density at radius 3 is 2.60 bits per heavy atom. The number of nitrogens with one attached hydrogen (secondary N) is 1. The summed E-state index contributed by atoms with van der Waals surface area (Å²) in [5, 5.41) is 3.71. The van der Waals surface area contributed by atoms with E-state index in [4.69, 9.17) is 4.74 Å². The molecule has 1 heterocycles. The average Bonchev–Trinajstić information content (AvgIpc) is 2.27. The molecule has 2 heteroatoms. The van der Waals surface area contributed by atoms with Crippen molar-refractivity contribution in [1.82, 2.24) is 5.32 Å². The molecule has 0 aromatic carbocycles. The maximum absolute atomic E-state index is 5.46. The van der Waals surface area contributed by atoms with Gasteiger partial charge >= 0.3 is 0 Å². The van der Waals surface area contributed by atoms with Gasteiger partial charge in [-0.3, -0.25) is 5.32 Å². The number of piperidine rings is 1. The minimum atomic E-state index is 0.311. The predicted molar refractivity (Wildman–Crippen MR) is 62.6 cm³/mol. The van der Waals surface area contributed by atoms with Crippen molar-refractivity contribution in [2.45, 2.75) is 58.2 Å². The first-order chi connectivity index (χ1) is 7.22. The van der Waals surface area contributed by atoms with E-state index < -0.39 is 0 Å². The summed E-state index contributed by atoms with van der Waals surface area (Å²) in [6.45, 7) is 4.73. The maximum atomic E-state index is 5.46. The van der Waals surface area contributed by atoms with Crippen LogP contribution in [0, 0.1) is 17.8 Å². The zero-order chi connectivity index (χ0) is 10.8. The Hall–Kier alpha value is -0.0800. The Balaban J connectivity index is 2.02. The van der Waals surface area contributed by atoms with Crippen molar-refractivity contribution in [1.29, 1.82) is 0 Å². The number of hydrogen-bond donors (Lipinski definition) is 1. The van der Waals surface area contributed by atoms with Gasteiger partial charge in [0.05, 0.1) is 0 Å². The third-order valence-corrected chi connectivity index (χ3v) is 4.40. The SMILES string of the molecule is COC1CCC2CCCC(C(C)C)C2N1. The van der Waals surface area contributed by atoms with Crippen molar-refractivity contribution >= 4 is 0 Å². The summed E-state index contributed by atoms with van der Waals surface area (Å²) in [5.41, 5.74) is 0. The molecule has 88 valence electrons. The fourth-order valence-corrected chi connectivity index (χ4v) is 3.51. The first kappa shape index (κ1) is 11.4. The highest BCUT2D eigenvalue weighted by Crippen LogP contribution is 2.39. The molecule has 0 radical (unpaired) electrons. The highest BCUT2D eigenvalue weighted by atomic mass is 16.5. The second kappa shape index (κ2) is 4.84. The lowest BCUT2D eigenvalue weighted by Gasteiger charge is -2.46. The first-order valence-corrected chi connectivity index (χ1v) is 6.51. The fraction of sp³-hybridized carbons (Fsp3) is 1.00. The van der Waals surface area contributed by atoms with E-state index in [9.17, 15) is 0 Å². The van der Waals surface area contributed by atoms with Gasteiger partial charge in [-0.25, -0.2) is 0 Å². The lowest BCUT2D eigenvalue weighted by atomic mass is 9.69. The van der Waals surface area contributed by atoms with Gasteiger partial charge in [0.2, 0.25) is 0 Å². The normalized spacial score (nSPS) is 41.6. The molecule has 1 saturated carbocycles. The third-order valence-electron chi connectivity index (χ3n) is 4.40. The molecule has 2 aliphatic rings. The number of methoxy groups -OCH3 is 1. The zero-order valence-corrected chi connectivity index (χ0v) is 10.3. The summed E-state index contributed by atoms with van der Waals surface area (Å²) in [6.07, 6.45) is 7.13. The van der Waals surface area contributed by atoms with Gasteiger partial charge < -0.3 is 4.74 Å². The quantitative estimate of drug-likeness (QED) is 0.758. The van der Waals surface area contributed by atoms with Gasteiger partial charge in [-0.1, -0.05) is 20.3 Å². The van der Waals surface area contributed by atoms with Gasteiger partial charge in [0.1, 0.15) is 6.23 Å². The van der Waals surface area contributed by atoms with Crippen LogP contribution in [-0.2, 0) is 4.74 Å². The minimum absolute atomic E-state index is 0.311. The Morgan fingerprint density at radius 1 is 1.13 bits per heavy atom. The van der Waals surface area contributed by atoms with Crippen molar-refractivity contribution in [2.75, 3.05) is 7.11 Å². The van der Waals surface area contributed by atoms with E-state index >= 15 is 0 Å². The first-order valence-electron chi connectivity index (χ1n) is 6.51. The molecule has 1 N–H and O–H groups in total. The van der Waals surface area contributed by atoms with E-state index in [1.54, 1.807) is 0 Å². The highest BCUT2D eigenvalue weighted by molar-refractivity contribution is 4.92. The third kappa shape index (κ3) is 2.36. The second-order valence-corrected chi connectivity index (χ2v) is 5.59. The predicted octanol–water partition coefficient (Wildman–Crippen LogP) is 2.78. The van der Waals surface area contributed by atoms with Crippen LogP contribution in [0.15, 0.2) is 0 Å². The summed E-state index contributed by atoms with van der Waals surface area (Å²) in [4.78, 5) is 0. The Kier molecular flexibility index (Phi) is 3.68. The monoisotopic (exact) mass is 211 g/mol. The standard InChI is InChI=1S/C13H25NO/c1-9(2)11-6-4-5-10-7-8-12(15-3)14-13(10)11/h9-14H,4-8H2,1-3H3. The van der Waals surface area contributed by atoms with E-state index in [-0.39, 0.29) is 0 Å². The molecular weight excluding hydrogens is 186 g/mol. The Bertz CT molecular complexity index is 205. The number of fused-ring (bicyclic) bond motifs is 1. The summed E-state index contributed by atoms with van der Waals surface area (Å²) < 4.78 is 5.46. The van der Waals surface area contributed by atoms with Crippen molar-refractivity contribution in [3.63, 3.8) is 0 Å². The summed E-state index contributed by atoms with van der Waals surface area (Å²) >= 11 is 0. The van der Waals surface area contributed by atoms with Crippen molar-refractivity contribution in [3.8, 4) is 0 Å². The molecule has 4 unspecified atom stereocenters. The fourth-order valence-electron chi connectivity index (χ4n) is 3.51. The number of ether oxygens (including phenoxy) is 1. The van der Waals surface area contributed by atoms with E-state index in [2.05, 4.69) is 19.2 Å². The zero-order valence-electron chi connectivity index (χ0n) is 10.3. The topological polar surface area (TPSA) is 21.3 Å². The van der Waals surface area contributed by atoms with Gasteiger partial charge in [-0.2, -0.15) is 0 Å². The molecule has 4 atom stereocenters. The molecule has 1 aliphatic heterocycles. The second-order valence-electron chi connectivity index (χ2n) is 5.59. The van der Waals surface area contributed by atoms with Crippen LogP contribution in [0.5, 0.6) is 0 Å². The van der Waals surface area contributed by atoms with Crippen LogP contribution in [0.1, 0.15) is 46.0 Å². The lowest BCUT2D eigenvalue weighted by molar-refractivity contribution is -0.0151. The van der Waals surface area contributed by atoms with Gasteiger partial charge in [-0.15, -0.1) is 0 Å². The van der Waals surface area contributed by atoms with Gasteiger partial charge in [0.15, 0.2) is 0 Å². The summed E-state index contributed by atoms with van der Waals surface area (Å²) in [5.74, 6) is 2.58. The highest BCUT2D eigenvalue weighted by Gasteiger charge is 2.38. The van der Waals surface area contributed by atoms with Crippen LogP contribution in [0.3, 0.4) is 0 Å². The van der Waals surface area contributed by atoms with Crippen molar-refractivity contribution < 1.29 is 4.74 Å². The van der Waals surface area contributed by atoms with Crippen LogP contribution >= 0.6 is 0 Å². The number of hydrogen-bond acceptors (Lipinski definition) is 2. The molecule has 2 fully saturated rings. The van der Waals surface area contributed by atoms with Gasteiger partial charge in [0.25, 0.3) is 0 Å². The molecule has 0 amide bonds. The smallest absolute Gasteiger partial charge is 0.107 e. The van der Waals surface area contributed by atoms with E-state index in [1.165, 1.54) is 32.1 Å². The molecule has 2 nitrogen and oxygen atoms in total. The van der Waals surface area contributed by atoms with Crippen LogP contribution in [0.25, 0.3) is 0 Å².